The summed E-state index contributed by atoms with van der Waals surface area (Å²) in [5, 5.41) is 10.8. The number of imidazole rings is 1. The number of hydrogen-bond donors (Lipinski definition) is 3. The summed E-state index contributed by atoms with van der Waals surface area (Å²) in [6.07, 6.45) is 1.75. The van der Waals surface area contributed by atoms with Gasteiger partial charge in [-0.25, -0.2) is 9.37 Å². The third kappa shape index (κ3) is 2.85. The Hall–Kier alpha value is -2.86. The highest BCUT2D eigenvalue weighted by atomic mass is 35.5. The van der Waals surface area contributed by atoms with E-state index in [9.17, 15) is 4.39 Å². The molecule has 0 unspecified atom stereocenters. The van der Waals surface area contributed by atoms with Gasteiger partial charge in [-0.05, 0) is 18.6 Å². The van der Waals surface area contributed by atoms with Crippen molar-refractivity contribution >= 4 is 28.3 Å². The van der Waals surface area contributed by atoms with Crippen molar-refractivity contribution in [2.75, 3.05) is 5.32 Å². The first kappa shape index (κ1) is 15.7. The Balaban J connectivity index is 1.75. The van der Waals surface area contributed by atoms with E-state index in [2.05, 4.69) is 25.5 Å². The van der Waals surface area contributed by atoms with Gasteiger partial charge in [0.25, 0.3) is 0 Å². The van der Waals surface area contributed by atoms with E-state index in [4.69, 9.17) is 11.6 Å². The van der Waals surface area contributed by atoms with Gasteiger partial charge in [-0.15, -0.1) is 0 Å². The van der Waals surface area contributed by atoms with Crippen molar-refractivity contribution < 1.29 is 4.39 Å². The van der Waals surface area contributed by atoms with Crippen molar-refractivity contribution in [3.05, 3.63) is 65.0 Å². The molecule has 0 spiro atoms. The van der Waals surface area contributed by atoms with E-state index in [0.717, 1.165) is 17.1 Å². The number of nitrogens with zero attached hydrogens (tertiary/aromatic N) is 2. The lowest BCUT2D eigenvalue weighted by molar-refractivity contribution is 0.637. The van der Waals surface area contributed by atoms with Gasteiger partial charge in [0.05, 0.1) is 23.5 Å². The van der Waals surface area contributed by atoms with Crippen LogP contribution in [0.1, 0.15) is 11.5 Å². The minimum Gasteiger partial charge on any atom is -0.362 e. The first-order chi connectivity index (χ1) is 12.1. The van der Waals surface area contributed by atoms with E-state index in [0.29, 0.717) is 23.3 Å². The van der Waals surface area contributed by atoms with Crippen molar-refractivity contribution in [2.24, 2.45) is 0 Å². The molecule has 126 valence electrons. The summed E-state index contributed by atoms with van der Waals surface area (Å²) >= 11 is 6.24. The molecule has 4 aromatic rings. The van der Waals surface area contributed by atoms with Crippen molar-refractivity contribution in [3.8, 4) is 11.1 Å². The standard InChI is InChI=1S/C18H15ClFN5/c1-10-21-8-12(23-10)9-22-18-14-7-13(11-5-3-2-4-6-11)15(19)16(20)17(14)24-25-18/h2-8H,9H2,1H3,(H,21,23)(H2,22,24,25). The molecular weight excluding hydrogens is 341 g/mol. The zero-order valence-electron chi connectivity index (χ0n) is 13.4. The molecule has 2 aromatic carbocycles. The van der Waals surface area contributed by atoms with E-state index in [1.807, 2.05) is 43.3 Å². The smallest absolute Gasteiger partial charge is 0.168 e. The second kappa shape index (κ2) is 6.22. The van der Waals surface area contributed by atoms with Crippen LogP contribution in [0.25, 0.3) is 22.0 Å². The van der Waals surface area contributed by atoms with Crippen LogP contribution in [0.5, 0.6) is 0 Å². The van der Waals surface area contributed by atoms with Crippen molar-refractivity contribution in [2.45, 2.75) is 13.5 Å². The number of benzene rings is 2. The fourth-order valence-electron chi connectivity index (χ4n) is 2.80. The van der Waals surface area contributed by atoms with Crippen LogP contribution in [0.2, 0.25) is 5.02 Å². The molecule has 5 nitrogen and oxygen atoms in total. The summed E-state index contributed by atoms with van der Waals surface area (Å²) in [7, 11) is 0. The average Bonchev–Trinajstić information content (AvgIpc) is 3.23. The van der Waals surface area contributed by atoms with Crippen molar-refractivity contribution in [1.29, 1.82) is 0 Å². The topological polar surface area (TPSA) is 69.4 Å². The van der Waals surface area contributed by atoms with E-state index in [1.165, 1.54) is 0 Å². The number of halogens is 2. The van der Waals surface area contributed by atoms with Gasteiger partial charge >= 0.3 is 0 Å². The monoisotopic (exact) mass is 355 g/mol. The fourth-order valence-corrected chi connectivity index (χ4v) is 3.06. The minimum atomic E-state index is -0.504. The van der Waals surface area contributed by atoms with Crippen LogP contribution in [0, 0.1) is 12.7 Å². The fraction of sp³-hybridized carbons (Fsp3) is 0.111. The molecule has 7 heteroatoms. The van der Waals surface area contributed by atoms with Gasteiger partial charge in [-0.1, -0.05) is 41.9 Å². The van der Waals surface area contributed by atoms with Crippen LogP contribution in [0.3, 0.4) is 0 Å². The van der Waals surface area contributed by atoms with Crippen LogP contribution in [-0.2, 0) is 6.54 Å². The lowest BCUT2D eigenvalue weighted by Gasteiger charge is -2.08. The summed E-state index contributed by atoms with van der Waals surface area (Å²) < 4.78 is 14.7. The lowest BCUT2D eigenvalue weighted by Crippen LogP contribution is -2.00. The van der Waals surface area contributed by atoms with E-state index in [1.54, 1.807) is 6.20 Å². The number of aryl methyl sites for hydroxylation is 1. The largest absolute Gasteiger partial charge is 0.362 e. The van der Waals surface area contributed by atoms with Crippen LogP contribution in [-0.4, -0.2) is 20.2 Å². The molecule has 0 saturated carbocycles. The second-order valence-corrected chi connectivity index (χ2v) is 6.14. The van der Waals surface area contributed by atoms with Crippen molar-refractivity contribution in [3.63, 3.8) is 0 Å². The minimum absolute atomic E-state index is 0.0816. The number of fused-ring (bicyclic) bond motifs is 1. The molecular formula is C18H15ClFN5. The predicted molar refractivity (Wildman–Crippen MR) is 97.1 cm³/mol. The molecule has 0 atom stereocenters. The SMILES string of the molecule is Cc1ncc(CNc2n[nH]c3c(F)c(Cl)c(-c4ccccc4)cc23)[nH]1. The Bertz CT molecular complexity index is 1040. The Kier molecular flexibility index (Phi) is 3.89. The van der Waals surface area contributed by atoms with E-state index in [-0.39, 0.29) is 10.5 Å². The van der Waals surface area contributed by atoms with Gasteiger partial charge < -0.3 is 10.3 Å². The van der Waals surface area contributed by atoms with E-state index >= 15 is 0 Å². The number of aromatic amines is 2. The summed E-state index contributed by atoms with van der Waals surface area (Å²) in [6.45, 7) is 2.39. The molecule has 0 amide bonds. The second-order valence-electron chi connectivity index (χ2n) is 5.76. The summed E-state index contributed by atoms with van der Waals surface area (Å²) in [6, 6.07) is 11.3. The summed E-state index contributed by atoms with van der Waals surface area (Å²) in [5.74, 6) is 0.902. The molecule has 0 aliphatic heterocycles. The predicted octanol–water partition coefficient (Wildman–Crippen LogP) is 4.67. The zero-order chi connectivity index (χ0) is 17.4. The molecule has 25 heavy (non-hydrogen) atoms. The van der Waals surface area contributed by atoms with Gasteiger partial charge in [0, 0.05) is 10.9 Å². The third-order valence-electron chi connectivity index (χ3n) is 4.03. The maximum Gasteiger partial charge on any atom is 0.168 e. The van der Waals surface area contributed by atoms with Gasteiger partial charge in [0.15, 0.2) is 11.6 Å². The van der Waals surface area contributed by atoms with Gasteiger partial charge in [-0.2, -0.15) is 5.10 Å². The maximum atomic E-state index is 14.7. The number of anilines is 1. The molecule has 4 rings (SSSR count). The summed E-state index contributed by atoms with van der Waals surface area (Å²) in [4.78, 5) is 7.29. The third-order valence-corrected chi connectivity index (χ3v) is 4.40. The number of nitrogens with one attached hydrogen (secondary N) is 3. The molecule has 2 heterocycles. The van der Waals surface area contributed by atoms with Gasteiger partial charge in [0.2, 0.25) is 0 Å². The maximum absolute atomic E-state index is 14.7. The van der Waals surface area contributed by atoms with Crippen LogP contribution < -0.4 is 5.32 Å². The molecule has 0 bridgehead atoms. The van der Waals surface area contributed by atoms with Crippen molar-refractivity contribution in [1.82, 2.24) is 20.2 Å². The van der Waals surface area contributed by atoms with E-state index < -0.39 is 5.82 Å². The van der Waals surface area contributed by atoms with Crippen LogP contribution in [0.15, 0.2) is 42.6 Å². The molecule has 0 saturated heterocycles. The molecule has 0 aliphatic carbocycles. The first-order valence-corrected chi connectivity index (χ1v) is 8.17. The first-order valence-electron chi connectivity index (χ1n) is 7.79. The normalized spacial score (nSPS) is 11.2. The van der Waals surface area contributed by atoms with Gasteiger partial charge in [-0.3, -0.25) is 5.10 Å². The highest BCUT2D eigenvalue weighted by Gasteiger charge is 2.17. The quantitative estimate of drug-likeness (QED) is 0.498. The Morgan fingerprint density at radius 1 is 1.24 bits per heavy atom. The number of hydrogen-bond acceptors (Lipinski definition) is 3. The zero-order valence-corrected chi connectivity index (χ0v) is 14.2. The highest BCUT2D eigenvalue weighted by Crippen LogP contribution is 2.36. The number of aromatic nitrogens is 4. The molecule has 2 aromatic heterocycles. The molecule has 0 radical (unpaired) electrons. The summed E-state index contributed by atoms with van der Waals surface area (Å²) in [5.41, 5.74) is 2.69. The van der Waals surface area contributed by atoms with Crippen LogP contribution in [0.4, 0.5) is 10.2 Å². The highest BCUT2D eigenvalue weighted by molar-refractivity contribution is 6.34. The Morgan fingerprint density at radius 3 is 2.76 bits per heavy atom. The number of H-pyrrole nitrogens is 2. The number of rotatable bonds is 4. The van der Waals surface area contributed by atoms with Crippen LogP contribution >= 0.6 is 11.6 Å². The molecule has 0 fully saturated rings. The lowest BCUT2D eigenvalue weighted by atomic mass is 10.0. The average molecular weight is 356 g/mol. The Labute approximate surface area is 148 Å². The van der Waals surface area contributed by atoms with Gasteiger partial charge in [0.1, 0.15) is 11.3 Å². The molecule has 3 N–H and O–H groups in total. The Morgan fingerprint density at radius 2 is 2.04 bits per heavy atom. The molecule has 0 aliphatic rings.